The highest BCUT2D eigenvalue weighted by Gasteiger charge is 2.40. The molecule has 0 radical (unpaired) electrons. The fourth-order valence-electron chi connectivity index (χ4n) is 3.35. The van der Waals surface area contributed by atoms with E-state index in [2.05, 4.69) is 10.6 Å². The van der Waals surface area contributed by atoms with Gasteiger partial charge in [-0.2, -0.15) is 0 Å². The molecule has 2 aliphatic rings. The van der Waals surface area contributed by atoms with E-state index in [1.807, 2.05) is 0 Å². The Kier molecular flexibility index (Phi) is 4.44. The normalized spacial score (nSPS) is 16.6. The van der Waals surface area contributed by atoms with Gasteiger partial charge in [0.05, 0.1) is 32.3 Å². The van der Waals surface area contributed by atoms with Crippen molar-refractivity contribution in [3.63, 3.8) is 0 Å². The molecule has 0 spiro atoms. The van der Waals surface area contributed by atoms with Crippen LogP contribution in [0, 0.1) is 0 Å². The molecule has 0 atom stereocenters. The molecule has 2 N–H and O–H groups in total. The van der Waals surface area contributed by atoms with Crippen LogP contribution in [0.4, 0.5) is 0 Å². The number of nitrogens with one attached hydrogen (secondary N) is 2. The van der Waals surface area contributed by atoms with Crippen LogP contribution in [0.25, 0.3) is 11.4 Å². The fraction of sp³-hybridized carbons (Fsp3) is 0.100. The van der Waals surface area contributed by atoms with Crippen molar-refractivity contribution in [2.24, 2.45) is 0 Å². The second-order valence-electron chi connectivity index (χ2n) is 7.00. The Balaban J connectivity index is 1.81. The van der Waals surface area contributed by atoms with E-state index in [0.717, 1.165) is 12.5 Å². The Labute approximate surface area is 173 Å². The lowest BCUT2D eigenvalue weighted by Gasteiger charge is -2.08. The first-order valence-corrected chi connectivity index (χ1v) is 12.5. The minimum absolute atomic E-state index is 0.125. The minimum Gasteiger partial charge on any atom is -0.321 e. The summed E-state index contributed by atoms with van der Waals surface area (Å²) in [5.74, 6) is -0.958. The van der Waals surface area contributed by atoms with Crippen LogP contribution in [0.2, 0.25) is 0 Å². The second-order valence-corrected chi connectivity index (χ2v) is 11.0. The molecule has 0 saturated heterocycles. The second kappa shape index (κ2) is 6.64. The van der Waals surface area contributed by atoms with E-state index in [-0.39, 0.29) is 32.3 Å². The maximum atomic E-state index is 12.6. The van der Waals surface area contributed by atoms with Crippen LogP contribution in [0.3, 0.4) is 0 Å². The van der Waals surface area contributed by atoms with E-state index in [1.165, 1.54) is 48.5 Å². The van der Waals surface area contributed by atoms with Crippen molar-refractivity contribution < 1.29 is 26.4 Å². The van der Waals surface area contributed by atoms with Gasteiger partial charge in [-0.15, -0.1) is 0 Å². The van der Waals surface area contributed by atoms with Crippen LogP contribution >= 0.6 is 0 Å². The lowest BCUT2D eigenvalue weighted by atomic mass is 10.0. The molecule has 0 fully saturated rings. The minimum atomic E-state index is -3.38. The van der Waals surface area contributed by atoms with Crippen LogP contribution in [0.1, 0.15) is 11.1 Å². The Morgan fingerprint density at radius 3 is 1.13 bits per heavy atom. The van der Waals surface area contributed by atoms with E-state index in [0.29, 0.717) is 11.1 Å². The Hall–Kier alpha value is -3.24. The molecule has 2 aromatic rings. The number of benzene rings is 2. The highest BCUT2D eigenvalue weighted by atomic mass is 32.2. The van der Waals surface area contributed by atoms with Gasteiger partial charge in [0.25, 0.3) is 11.8 Å². The van der Waals surface area contributed by atoms with Crippen molar-refractivity contribution in [3.8, 4) is 0 Å². The van der Waals surface area contributed by atoms with Gasteiger partial charge in [0, 0.05) is 12.5 Å². The third-order valence-electron chi connectivity index (χ3n) is 4.82. The van der Waals surface area contributed by atoms with Crippen molar-refractivity contribution in [1.82, 2.24) is 10.6 Å². The maximum absolute atomic E-state index is 12.6. The molecule has 4 rings (SSSR count). The molecule has 0 saturated carbocycles. The zero-order valence-corrected chi connectivity index (χ0v) is 17.5. The average Bonchev–Trinajstić information content (AvgIpc) is 3.19. The monoisotopic (exact) mass is 444 g/mol. The van der Waals surface area contributed by atoms with Crippen LogP contribution in [0.5, 0.6) is 0 Å². The highest BCUT2D eigenvalue weighted by molar-refractivity contribution is 7.91. The average molecular weight is 444 g/mol. The lowest BCUT2D eigenvalue weighted by Crippen LogP contribution is -2.21. The molecule has 8 nitrogen and oxygen atoms in total. The SMILES string of the molecule is CS(=O)(=O)c1ccc(C2=C3C(=O)NC(c4ccc(S(C)(=O)=O)cc4)=C3C(=O)N2)cc1. The molecule has 2 aliphatic heterocycles. The number of hydrogen-bond donors (Lipinski definition) is 2. The maximum Gasteiger partial charge on any atom is 0.258 e. The van der Waals surface area contributed by atoms with Gasteiger partial charge in [0.2, 0.25) is 0 Å². The number of rotatable bonds is 4. The van der Waals surface area contributed by atoms with Gasteiger partial charge in [-0.05, 0) is 35.4 Å². The molecule has 0 aromatic heterocycles. The molecule has 0 aliphatic carbocycles. The van der Waals surface area contributed by atoms with Crippen molar-refractivity contribution >= 4 is 42.9 Å². The topological polar surface area (TPSA) is 126 Å². The Morgan fingerprint density at radius 1 is 0.567 bits per heavy atom. The summed E-state index contributed by atoms with van der Waals surface area (Å²) in [5, 5.41) is 5.35. The van der Waals surface area contributed by atoms with Crippen molar-refractivity contribution in [2.45, 2.75) is 9.79 Å². The van der Waals surface area contributed by atoms with Crippen molar-refractivity contribution in [2.75, 3.05) is 12.5 Å². The van der Waals surface area contributed by atoms with Gasteiger partial charge in [-0.3, -0.25) is 9.59 Å². The number of carbonyl (C=O) groups is 2. The summed E-state index contributed by atoms with van der Waals surface area (Å²) in [7, 11) is -6.75. The molecule has 2 aromatic carbocycles. The zero-order chi connectivity index (χ0) is 21.8. The predicted octanol–water partition coefficient (Wildman–Crippen LogP) is 0.876. The van der Waals surface area contributed by atoms with Crippen LogP contribution in [-0.2, 0) is 29.3 Å². The third-order valence-corrected chi connectivity index (χ3v) is 7.08. The van der Waals surface area contributed by atoms with E-state index in [4.69, 9.17) is 0 Å². The van der Waals surface area contributed by atoms with Gasteiger partial charge < -0.3 is 10.6 Å². The van der Waals surface area contributed by atoms with E-state index < -0.39 is 31.5 Å². The third kappa shape index (κ3) is 3.33. The lowest BCUT2D eigenvalue weighted by molar-refractivity contribution is -0.117. The fourth-order valence-corrected chi connectivity index (χ4v) is 4.61. The van der Waals surface area contributed by atoms with E-state index in [1.54, 1.807) is 0 Å². The number of hydrogen-bond acceptors (Lipinski definition) is 6. The molecular weight excluding hydrogens is 428 g/mol. The number of amides is 2. The summed E-state index contributed by atoms with van der Waals surface area (Å²) in [6.07, 6.45) is 2.18. The Bertz CT molecular complexity index is 1270. The molecule has 0 unspecified atom stereocenters. The van der Waals surface area contributed by atoms with Crippen LogP contribution in [-0.4, -0.2) is 41.2 Å². The molecule has 2 amide bonds. The summed E-state index contributed by atoms with van der Waals surface area (Å²) in [6.45, 7) is 0. The van der Waals surface area contributed by atoms with E-state index in [9.17, 15) is 26.4 Å². The standard InChI is InChI=1S/C20H16N2O6S2/c1-29(25,26)13-7-3-11(4-8-13)17-15-16(20(24)21-17)18(22-19(15)23)12-5-9-14(10-6-12)30(2,27)28/h3-10H,1-2H3,(H,21,24)(H,22,23). The molecule has 154 valence electrons. The van der Waals surface area contributed by atoms with Gasteiger partial charge >= 0.3 is 0 Å². The first-order chi connectivity index (χ1) is 14.0. The first-order valence-electron chi connectivity index (χ1n) is 8.69. The summed E-state index contributed by atoms with van der Waals surface area (Å²) in [6, 6.07) is 11.7. The van der Waals surface area contributed by atoms with Gasteiger partial charge in [-0.25, -0.2) is 16.8 Å². The molecule has 0 bridgehead atoms. The largest absolute Gasteiger partial charge is 0.321 e. The quantitative estimate of drug-likeness (QED) is 0.721. The number of carbonyl (C=O) groups excluding carboxylic acids is 2. The van der Waals surface area contributed by atoms with E-state index >= 15 is 0 Å². The van der Waals surface area contributed by atoms with Crippen LogP contribution < -0.4 is 10.6 Å². The number of sulfone groups is 2. The molecular formula is C20H16N2O6S2. The van der Waals surface area contributed by atoms with Crippen molar-refractivity contribution in [1.29, 1.82) is 0 Å². The summed E-state index contributed by atoms with van der Waals surface area (Å²) in [5.41, 5.74) is 1.88. The summed E-state index contributed by atoms with van der Waals surface area (Å²) < 4.78 is 46.6. The summed E-state index contributed by atoms with van der Waals surface area (Å²) >= 11 is 0. The van der Waals surface area contributed by atoms with Crippen LogP contribution in [0.15, 0.2) is 69.5 Å². The van der Waals surface area contributed by atoms with Gasteiger partial charge in [0.1, 0.15) is 0 Å². The molecule has 2 heterocycles. The molecule has 30 heavy (non-hydrogen) atoms. The zero-order valence-electron chi connectivity index (χ0n) is 15.9. The molecule has 10 heteroatoms. The van der Waals surface area contributed by atoms with Gasteiger partial charge in [0.15, 0.2) is 19.7 Å². The number of fused-ring (bicyclic) bond motifs is 1. The predicted molar refractivity (Wildman–Crippen MR) is 109 cm³/mol. The van der Waals surface area contributed by atoms with Crippen molar-refractivity contribution in [3.05, 3.63) is 70.8 Å². The van der Waals surface area contributed by atoms with Gasteiger partial charge in [-0.1, -0.05) is 24.3 Å². The highest BCUT2D eigenvalue weighted by Crippen LogP contribution is 2.37. The first kappa shape index (κ1) is 20.0. The summed E-state index contributed by atoms with van der Waals surface area (Å²) in [4.78, 5) is 25.5. The Morgan fingerprint density at radius 2 is 0.867 bits per heavy atom. The smallest absolute Gasteiger partial charge is 0.258 e.